The van der Waals surface area contributed by atoms with Crippen LogP contribution in [0.1, 0.15) is 54.9 Å². The number of para-hydroxylation sites is 1. The van der Waals surface area contributed by atoms with Gasteiger partial charge in [0.15, 0.2) is 23.1 Å². The van der Waals surface area contributed by atoms with Crippen LogP contribution in [0.15, 0.2) is 53.8 Å². The first-order chi connectivity index (χ1) is 13.8. The SMILES string of the molecule is COc1cccc2c1OC1=C(C(=O)CC(C)(C)C1)C2CC(=O)c1ccc(O)cc1. The zero-order valence-electron chi connectivity index (χ0n) is 16.8. The van der Waals surface area contributed by atoms with Crippen LogP contribution >= 0.6 is 0 Å². The number of benzene rings is 2. The molecule has 0 amide bonds. The molecule has 0 saturated heterocycles. The Morgan fingerprint density at radius 3 is 2.59 bits per heavy atom. The van der Waals surface area contributed by atoms with Gasteiger partial charge >= 0.3 is 0 Å². The summed E-state index contributed by atoms with van der Waals surface area (Å²) in [6.45, 7) is 4.10. The monoisotopic (exact) mass is 392 g/mol. The Labute approximate surface area is 170 Å². The van der Waals surface area contributed by atoms with Crippen molar-refractivity contribution in [2.24, 2.45) is 5.41 Å². The van der Waals surface area contributed by atoms with Gasteiger partial charge < -0.3 is 14.6 Å². The van der Waals surface area contributed by atoms with Crippen molar-refractivity contribution in [1.82, 2.24) is 0 Å². The summed E-state index contributed by atoms with van der Waals surface area (Å²) in [5, 5.41) is 9.49. The number of ketones is 2. The normalized spacial score (nSPS) is 19.8. The number of phenols is 1. The molecule has 5 nitrogen and oxygen atoms in total. The molecule has 1 atom stereocenters. The largest absolute Gasteiger partial charge is 0.508 e. The first kappa shape index (κ1) is 19.2. The molecular weight excluding hydrogens is 368 g/mol. The van der Waals surface area contributed by atoms with E-state index in [0.717, 1.165) is 5.56 Å². The van der Waals surface area contributed by atoms with Crippen LogP contribution in [0, 0.1) is 5.41 Å². The van der Waals surface area contributed by atoms with Crippen LogP contribution in [0.25, 0.3) is 0 Å². The molecule has 1 heterocycles. The summed E-state index contributed by atoms with van der Waals surface area (Å²) in [5.74, 6) is 1.50. The smallest absolute Gasteiger partial charge is 0.172 e. The van der Waals surface area contributed by atoms with Crippen LogP contribution in [-0.4, -0.2) is 23.8 Å². The van der Waals surface area contributed by atoms with E-state index < -0.39 is 0 Å². The second kappa shape index (κ2) is 7.07. The number of aromatic hydroxyl groups is 1. The highest BCUT2D eigenvalue weighted by Crippen LogP contribution is 2.51. The fourth-order valence-electron chi connectivity index (χ4n) is 4.28. The second-order valence-corrected chi connectivity index (χ2v) is 8.49. The highest BCUT2D eigenvalue weighted by atomic mass is 16.5. The van der Waals surface area contributed by atoms with Gasteiger partial charge in [0.05, 0.1) is 7.11 Å². The lowest BCUT2D eigenvalue weighted by Gasteiger charge is -2.38. The lowest BCUT2D eigenvalue weighted by Crippen LogP contribution is -2.33. The molecule has 0 spiro atoms. The van der Waals surface area contributed by atoms with E-state index in [4.69, 9.17) is 9.47 Å². The molecule has 0 bridgehead atoms. The highest BCUT2D eigenvalue weighted by Gasteiger charge is 2.42. The molecule has 0 saturated carbocycles. The van der Waals surface area contributed by atoms with Crippen LogP contribution in [0.3, 0.4) is 0 Å². The number of hydrogen-bond donors (Lipinski definition) is 1. The maximum absolute atomic E-state index is 13.1. The second-order valence-electron chi connectivity index (χ2n) is 8.49. The number of hydrogen-bond acceptors (Lipinski definition) is 5. The molecule has 4 rings (SSSR count). The number of fused-ring (bicyclic) bond motifs is 1. The topological polar surface area (TPSA) is 72.8 Å². The van der Waals surface area contributed by atoms with E-state index in [-0.39, 0.29) is 35.1 Å². The Morgan fingerprint density at radius 1 is 1.17 bits per heavy atom. The average Bonchev–Trinajstić information content (AvgIpc) is 2.66. The van der Waals surface area contributed by atoms with Gasteiger partial charge in [0.25, 0.3) is 0 Å². The Morgan fingerprint density at radius 2 is 1.90 bits per heavy atom. The lowest BCUT2D eigenvalue weighted by molar-refractivity contribution is -0.118. The lowest BCUT2D eigenvalue weighted by atomic mass is 9.70. The minimum absolute atomic E-state index is 0.0354. The van der Waals surface area contributed by atoms with Gasteiger partial charge in [-0.05, 0) is 35.7 Å². The number of rotatable bonds is 4. The molecule has 1 aliphatic carbocycles. The van der Waals surface area contributed by atoms with E-state index in [2.05, 4.69) is 0 Å². The zero-order chi connectivity index (χ0) is 20.8. The summed E-state index contributed by atoms with van der Waals surface area (Å²) in [7, 11) is 1.58. The molecule has 5 heteroatoms. The predicted octanol–water partition coefficient (Wildman–Crippen LogP) is 4.79. The minimum Gasteiger partial charge on any atom is -0.508 e. The Hall–Kier alpha value is -3.08. The molecule has 1 N–H and O–H groups in total. The molecule has 150 valence electrons. The average molecular weight is 392 g/mol. The highest BCUT2D eigenvalue weighted by molar-refractivity contribution is 6.02. The quantitative estimate of drug-likeness (QED) is 0.757. The van der Waals surface area contributed by atoms with Crippen molar-refractivity contribution in [3.05, 3.63) is 64.9 Å². The van der Waals surface area contributed by atoms with Crippen LogP contribution in [0.5, 0.6) is 17.2 Å². The van der Waals surface area contributed by atoms with Gasteiger partial charge in [-0.2, -0.15) is 0 Å². The zero-order valence-corrected chi connectivity index (χ0v) is 16.8. The number of carbonyl (C=O) groups is 2. The first-order valence-electron chi connectivity index (χ1n) is 9.72. The van der Waals surface area contributed by atoms with Gasteiger partial charge in [0.1, 0.15) is 11.5 Å². The summed E-state index contributed by atoms with van der Waals surface area (Å²) in [5.41, 5.74) is 1.71. The maximum Gasteiger partial charge on any atom is 0.172 e. The number of phenolic OH excluding ortho intramolecular Hbond substituents is 1. The van der Waals surface area contributed by atoms with Gasteiger partial charge in [-0.15, -0.1) is 0 Å². The molecule has 0 fully saturated rings. The van der Waals surface area contributed by atoms with Crippen LogP contribution in [0.2, 0.25) is 0 Å². The first-order valence-corrected chi connectivity index (χ1v) is 9.72. The molecular formula is C24H24O5. The summed E-state index contributed by atoms with van der Waals surface area (Å²) in [4.78, 5) is 26.1. The number of carbonyl (C=O) groups excluding carboxylic acids is 2. The van der Waals surface area contributed by atoms with Gasteiger partial charge in [-0.1, -0.05) is 26.0 Å². The Kier molecular flexibility index (Phi) is 4.69. The van der Waals surface area contributed by atoms with E-state index >= 15 is 0 Å². The predicted molar refractivity (Wildman–Crippen MR) is 108 cm³/mol. The minimum atomic E-state index is -0.381. The third-order valence-electron chi connectivity index (χ3n) is 5.64. The van der Waals surface area contributed by atoms with E-state index in [9.17, 15) is 14.7 Å². The molecule has 0 radical (unpaired) electrons. The van der Waals surface area contributed by atoms with Gasteiger partial charge in [-0.3, -0.25) is 9.59 Å². The molecule has 29 heavy (non-hydrogen) atoms. The van der Waals surface area contributed by atoms with E-state index in [0.29, 0.717) is 41.2 Å². The third-order valence-corrected chi connectivity index (χ3v) is 5.64. The third kappa shape index (κ3) is 3.53. The van der Waals surface area contributed by atoms with Crippen molar-refractivity contribution >= 4 is 11.6 Å². The summed E-state index contributed by atoms with van der Waals surface area (Å²) < 4.78 is 11.7. The Balaban J connectivity index is 1.79. The maximum atomic E-state index is 13.1. The Bertz CT molecular complexity index is 1010. The van der Waals surface area contributed by atoms with Gasteiger partial charge in [-0.25, -0.2) is 0 Å². The number of Topliss-reactive ketones (excluding diaryl/α,β-unsaturated/α-hetero) is 2. The van der Waals surface area contributed by atoms with Gasteiger partial charge in [0.2, 0.25) is 0 Å². The summed E-state index contributed by atoms with van der Waals surface area (Å²) in [6, 6.07) is 11.7. The number of allylic oxidation sites excluding steroid dienone is 2. The molecule has 1 aliphatic heterocycles. The summed E-state index contributed by atoms with van der Waals surface area (Å²) >= 11 is 0. The van der Waals surface area contributed by atoms with Crippen molar-refractivity contribution in [3.63, 3.8) is 0 Å². The molecule has 1 unspecified atom stereocenters. The van der Waals surface area contributed by atoms with E-state index in [1.807, 2.05) is 32.0 Å². The fraction of sp³-hybridized carbons (Fsp3) is 0.333. The van der Waals surface area contributed by atoms with Crippen molar-refractivity contribution < 1.29 is 24.2 Å². The molecule has 2 aliphatic rings. The van der Waals surface area contributed by atoms with Crippen molar-refractivity contribution in [2.75, 3.05) is 7.11 Å². The van der Waals surface area contributed by atoms with Gasteiger partial charge in [0, 0.05) is 41.9 Å². The number of ether oxygens (including phenoxy) is 2. The molecule has 2 aromatic rings. The molecule has 0 aromatic heterocycles. The van der Waals surface area contributed by atoms with E-state index in [1.54, 1.807) is 19.2 Å². The van der Waals surface area contributed by atoms with Crippen LogP contribution in [-0.2, 0) is 4.79 Å². The van der Waals surface area contributed by atoms with Crippen molar-refractivity contribution in [3.8, 4) is 17.2 Å². The fourth-order valence-corrected chi connectivity index (χ4v) is 4.28. The van der Waals surface area contributed by atoms with Crippen LogP contribution in [0.4, 0.5) is 0 Å². The molecule has 2 aromatic carbocycles. The standard InChI is InChI=1S/C24H24O5/c1-24(2)12-19(27)22-17(11-18(26)14-7-9-15(25)10-8-14)16-5-4-6-20(28-3)23(16)29-21(22)13-24/h4-10,17,25H,11-13H2,1-3H3. The van der Waals surface area contributed by atoms with Crippen molar-refractivity contribution in [2.45, 2.75) is 39.0 Å². The van der Waals surface area contributed by atoms with Crippen LogP contribution < -0.4 is 9.47 Å². The summed E-state index contributed by atoms with van der Waals surface area (Å²) in [6.07, 6.45) is 1.22. The van der Waals surface area contributed by atoms with Crippen molar-refractivity contribution in [1.29, 1.82) is 0 Å². The number of methoxy groups -OCH3 is 1. The van der Waals surface area contributed by atoms with E-state index in [1.165, 1.54) is 12.1 Å².